The van der Waals surface area contributed by atoms with E-state index in [4.69, 9.17) is 24.4 Å². The number of nitrogens with zero attached hydrogens (tertiary/aromatic N) is 1. The molecule has 0 radical (unpaired) electrons. The summed E-state index contributed by atoms with van der Waals surface area (Å²) in [6.45, 7) is 6.70. The van der Waals surface area contributed by atoms with Crippen molar-refractivity contribution in [1.82, 2.24) is 4.90 Å². The minimum atomic E-state index is -1.06. The SMILES string of the molecule is CCC(C)COCCOCCOCCN(CC(=O)O)CC(=O)O. The fraction of sp³-hybridized carbons (Fsp3) is 0.867. The van der Waals surface area contributed by atoms with Gasteiger partial charge in [0.05, 0.1) is 46.1 Å². The molecule has 0 heterocycles. The second-order valence-electron chi connectivity index (χ2n) is 5.31. The third kappa shape index (κ3) is 15.4. The second-order valence-corrected chi connectivity index (χ2v) is 5.31. The zero-order chi connectivity index (χ0) is 17.5. The van der Waals surface area contributed by atoms with Crippen molar-refractivity contribution in [3.63, 3.8) is 0 Å². The molecule has 0 fully saturated rings. The molecular formula is C15H29NO7. The molecule has 0 aromatic rings. The van der Waals surface area contributed by atoms with Gasteiger partial charge >= 0.3 is 11.9 Å². The van der Waals surface area contributed by atoms with E-state index in [0.29, 0.717) is 32.3 Å². The van der Waals surface area contributed by atoms with E-state index in [0.717, 1.165) is 13.0 Å². The fourth-order valence-corrected chi connectivity index (χ4v) is 1.63. The largest absolute Gasteiger partial charge is 0.480 e. The monoisotopic (exact) mass is 335 g/mol. The van der Waals surface area contributed by atoms with Crippen LogP contribution in [0.15, 0.2) is 0 Å². The molecule has 0 aromatic carbocycles. The Kier molecular flexibility index (Phi) is 13.6. The molecule has 2 N–H and O–H groups in total. The molecular weight excluding hydrogens is 306 g/mol. The van der Waals surface area contributed by atoms with Gasteiger partial charge in [0.2, 0.25) is 0 Å². The standard InChI is InChI=1S/C15H29NO7/c1-3-13(2)12-23-9-8-22-7-6-21-5-4-16(10-14(17)18)11-15(19)20/h13H,3-12H2,1-2H3,(H,17,18)(H,19,20). The number of ether oxygens (including phenoxy) is 3. The van der Waals surface area contributed by atoms with E-state index >= 15 is 0 Å². The quantitative estimate of drug-likeness (QED) is 0.394. The molecule has 136 valence electrons. The van der Waals surface area contributed by atoms with Crippen LogP contribution >= 0.6 is 0 Å². The lowest BCUT2D eigenvalue weighted by atomic mass is 10.1. The van der Waals surface area contributed by atoms with Gasteiger partial charge in [-0.05, 0) is 5.92 Å². The molecule has 1 unspecified atom stereocenters. The third-order valence-electron chi connectivity index (χ3n) is 3.11. The summed E-state index contributed by atoms with van der Waals surface area (Å²) < 4.78 is 16.1. The van der Waals surface area contributed by atoms with Gasteiger partial charge in [-0.3, -0.25) is 14.5 Å². The molecule has 0 saturated heterocycles. The molecule has 23 heavy (non-hydrogen) atoms. The number of aliphatic carboxylic acids is 2. The van der Waals surface area contributed by atoms with Crippen LogP contribution in [0.3, 0.4) is 0 Å². The lowest BCUT2D eigenvalue weighted by molar-refractivity contribution is -0.142. The van der Waals surface area contributed by atoms with Crippen LogP contribution in [0.1, 0.15) is 20.3 Å². The zero-order valence-corrected chi connectivity index (χ0v) is 14.0. The van der Waals surface area contributed by atoms with Crippen molar-refractivity contribution < 1.29 is 34.0 Å². The third-order valence-corrected chi connectivity index (χ3v) is 3.11. The van der Waals surface area contributed by atoms with Gasteiger partial charge in [-0.2, -0.15) is 0 Å². The predicted octanol–water partition coefficient (Wildman–Crippen LogP) is 0.554. The Morgan fingerprint density at radius 3 is 1.87 bits per heavy atom. The number of carbonyl (C=O) groups is 2. The summed E-state index contributed by atoms with van der Waals surface area (Å²) in [5, 5.41) is 17.4. The lowest BCUT2D eigenvalue weighted by Gasteiger charge is -2.17. The molecule has 0 aromatic heterocycles. The number of carboxylic acid groups (broad SMARTS) is 2. The summed E-state index contributed by atoms with van der Waals surface area (Å²) in [5.41, 5.74) is 0. The number of hydrogen-bond donors (Lipinski definition) is 2. The lowest BCUT2D eigenvalue weighted by Crippen LogP contribution is -2.37. The highest BCUT2D eigenvalue weighted by Crippen LogP contribution is 1.99. The minimum Gasteiger partial charge on any atom is -0.480 e. The van der Waals surface area contributed by atoms with E-state index in [-0.39, 0.29) is 26.2 Å². The molecule has 0 aliphatic rings. The van der Waals surface area contributed by atoms with Gasteiger partial charge in [-0.15, -0.1) is 0 Å². The van der Waals surface area contributed by atoms with Crippen LogP contribution in [-0.2, 0) is 23.8 Å². The van der Waals surface area contributed by atoms with Crippen molar-refractivity contribution in [2.75, 3.05) is 59.3 Å². The smallest absolute Gasteiger partial charge is 0.317 e. The van der Waals surface area contributed by atoms with Crippen LogP contribution in [0.2, 0.25) is 0 Å². The predicted molar refractivity (Wildman–Crippen MR) is 83.6 cm³/mol. The number of carboxylic acids is 2. The topological polar surface area (TPSA) is 106 Å². The highest BCUT2D eigenvalue weighted by atomic mass is 16.5. The fourth-order valence-electron chi connectivity index (χ4n) is 1.63. The zero-order valence-electron chi connectivity index (χ0n) is 14.0. The summed E-state index contributed by atoms with van der Waals surface area (Å²) in [7, 11) is 0. The van der Waals surface area contributed by atoms with E-state index < -0.39 is 11.9 Å². The van der Waals surface area contributed by atoms with Gasteiger partial charge in [0.1, 0.15) is 0 Å². The molecule has 8 nitrogen and oxygen atoms in total. The van der Waals surface area contributed by atoms with E-state index in [1.807, 2.05) is 0 Å². The molecule has 0 bridgehead atoms. The van der Waals surface area contributed by atoms with Crippen LogP contribution in [0.5, 0.6) is 0 Å². The van der Waals surface area contributed by atoms with Crippen molar-refractivity contribution >= 4 is 11.9 Å². The van der Waals surface area contributed by atoms with Crippen LogP contribution in [-0.4, -0.2) is 86.3 Å². The maximum Gasteiger partial charge on any atom is 0.317 e. The first-order chi connectivity index (χ1) is 11.0. The second kappa shape index (κ2) is 14.4. The first-order valence-corrected chi connectivity index (χ1v) is 7.84. The van der Waals surface area contributed by atoms with Gasteiger partial charge in [0.15, 0.2) is 0 Å². The van der Waals surface area contributed by atoms with E-state index in [9.17, 15) is 9.59 Å². The maximum absolute atomic E-state index is 10.6. The van der Waals surface area contributed by atoms with Crippen LogP contribution < -0.4 is 0 Å². The molecule has 0 amide bonds. The highest BCUT2D eigenvalue weighted by molar-refractivity contribution is 5.72. The van der Waals surface area contributed by atoms with Gasteiger partial charge in [-0.25, -0.2) is 0 Å². The minimum absolute atomic E-state index is 0.247. The number of rotatable bonds is 16. The molecule has 0 aliphatic heterocycles. The Labute approximate surface area is 137 Å². The Hall–Kier alpha value is -1.22. The Morgan fingerprint density at radius 1 is 0.913 bits per heavy atom. The van der Waals surface area contributed by atoms with Gasteiger partial charge in [0.25, 0.3) is 0 Å². The summed E-state index contributed by atoms with van der Waals surface area (Å²) in [6.07, 6.45) is 1.09. The Morgan fingerprint density at radius 2 is 1.39 bits per heavy atom. The van der Waals surface area contributed by atoms with Crippen LogP contribution in [0.25, 0.3) is 0 Å². The van der Waals surface area contributed by atoms with Crippen molar-refractivity contribution in [3.8, 4) is 0 Å². The molecule has 8 heteroatoms. The summed E-state index contributed by atoms with van der Waals surface area (Å²) >= 11 is 0. The first kappa shape index (κ1) is 21.8. The first-order valence-electron chi connectivity index (χ1n) is 7.84. The molecule has 0 saturated carbocycles. The normalized spacial score (nSPS) is 12.5. The molecule has 0 rings (SSSR count). The van der Waals surface area contributed by atoms with Gasteiger partial charge in [0, 0.05) is 13.2 Å². The average Bonchev–Trinajstić information content (AvgIpc) is 2.47. The summed E-state index contributed by atoms with van der Waals surface area (Å²) in [4.78, 5) is 22.5. The average molecular weight is 335 g/mol. The van der Waals surface area contributed by atoms with Crippen LogP contribution in [0.4, 0.5) is 0 Å². The van der Waals surface area contributed by atoms with Crippen molar-refractivity contribution in [2.24, 2.45) is 5.92 Å². The maximum atomic E-state index is 10.6. The summed E-state index contributed by atoms with van der Waals surface area (Å²) in [5.74, 6) is -1.57. The van der Waals surface area contributed by atoms with Crippen molar-refractivity contribution in [1.29, 1.82) is 0 Å². The van der Waals surface area contributed by atoms with Gasteiger partial charge < -0.3 is 24.4 Å². The molecule has 0 spiro atoms. The van der Waals surface area contributed by atoms with Crippen molar-refractivity contribution in [3.05, 3.63) is 0 Å². The molecule has 0 aliphatic carbocycles. The highest BCUT2D eigenvalue weighted by Gasteiger charge is 2.12. The Balaban J connectivity index is 3.48. The van der Waals surface area contributed by atoms with E-state index in [1.54, 1.807) is 0 Å². The van der Waals surface area contributed by atoms with Gasteiger partial charge in [-0.1, -0.05) is 20.3 Å². The van der Waals surface area contributed by atoms with Crippen molar-refractivity contribution in [2.45, 2.75) is 20.3 Å². The van der Waals surface area contributed by atoms with E-state index in [1.165, 1.54) is 4.90 Å². The Bertz CT molecular complexity index is 309. The van der Waals surface area contributed by atoms with E-state index in [2.05, 4.69) is 13.8 Å². The van der Waals surface area contributed by atoms with Crippen LogP contribution in [0, 0.1) is 5.92 Å². The molecule has 1 atom stereocenters. The summed E-state index contributed by atoms with van der Waals surface area (Å²) in [6, 6.07) is 0. The number of hydrogen-bond acceptors (Lipinski definition) is 6.